The second-order valence-corrected chi connectivity index (χ2v) is 15.4. The van der Waals surface area contributed by atoms with Crippen LogP contribution in [0.15, 0.2) is 212 Å². The fourth-order valence-corrected chi connectivity index (χ4v) is 8.76. The van der Waals surface area contributed by atoms with Gasteiger partial charge in [-0.1, -0.05) is 190 Å². The summed E-state index contributed by atoms with van der Waals surface area (Å²) in [7, 11) is 0. The Balaban J connectivity index is 1.09. The number of benzene rings is 9. The quantitative estimate of drug-likeness (QED) is 0.159. The molecule has 0 fully saturated rings. The first kappa shape index (κ1) is 33.6. The van der Waals surface area contributed by atoms with E-state index in [9.17, 15) is 0 Å². The summed E-state index contributed by atoms with van der Waals surface area (Å²) in [5, 5.41) is 2.55. The molecule has 0 aliphatic heterocycles. The van der Waals surface area contributed by atoms with Crippen LogP contribution in [0.25, 0.3) is 66.4 Å². The monoisotopic (exact) mass is 715 g/mol. The van der Waals surface area contributed by atoms with Crippen molar-refractivity contribution in [3.05, 3.63) is 223 Å². The number of hydrogen-bond donors (Lipinski definition) is 0. The van der Waals surface area contributed by atoms with Crippen molar-refractivity contribution in [2.75, 3.05) is 4.90 Å². The van der Waals surface area contributed by atoms with E-state index in [1.807, 2.05) is 0 Å². The number of rotatable bonds is 7. The summed E-state index contributed by atoms with van der Waals surface area (Å²) in [5.41, 5.74) is 18.3. The number of hydrogen-bond acceptors (Lipinski definition) is 1. The van der Waals surface area contributed by atoms with Gasteiger partial charge in [0.1, 0.15) is 0 Å². The molecular weight excluding hydrogens is 675 g/mol. The first-order valence-electron chi connectivity index (χ1n) is 19.5. The summed E-state index contributed by atoms with van der Waals surface area (Å²) in [6.45, 7) is 4.77. The van der Waals surface area contributed by atoms with Gasteiger partial charge in [-0.3, -0.25) is 0 Å². The van der Waals surface area contributed by atoms with Gasteiger partial charge in [0.05, 0.1) is 5.69 Å². The normalized spacial score (nSPS) is 12.6. The third kappa shape index (κ3) is 5.81. The van der Waals surface area contributed by atoms with Crippen LogP contribution in [0.4, 0.5) is 17.1 Å². The molecule has 0 radical (unpaired) electrons. The SMILES string of the molecule is CC1(C)c2cc(-c3cccc4ccccc34)ccc2-c2ccc(N(c3ccc(-c4ccccc4)cc3)c3ccccc3-c3ccc(-c4ccccc4)cc3)cc21. The van der Waals surface area contributed by atoms with Crippen molar-refractivity contribution in [2.24, 2.45) is 0 Å². The molecule has 1 aliphatic rings. The molecule has 0 spiro atoms. The van der Waals surface area contributed by atoms with Crippen molar-refractivity contribution in [2.45, 2.75) is 19.3 Å². The van der Waals surface area contributed by atoms with Crippen molar-refractivity contribution < 1.29 is 0 Å². The van der Waals surface area contributed by atoms with Crippen LogP contribution in [0.2, 0.25) is 0 Å². The molecule has 266 valence electrons. The minimum absolute atomic E-state index is 0.198. The van der Waals surface area contributed by atoms with E-state index in [2.05, 4.69) is 231 Å². The maximum atomic E-state index is 2.44. The van der Waals surface area contributed by atoms with Crippen molar-refractivity contribution in [3.8, 4) is 55.6 Å². The molecule has 1 aliphatic carbocycles. The third-order valence-electron chi connectivity index (χ3n) is 11.7. The van der Waals surface area contributed by atoms with E-state index in [4.69, 9.17) is 0 Å². The average molecular weight is 716 g/mol. The van der Waals surface area contributed by atoms with Crippen LogP contribution in [0, 0.1) is 0 Å². The maximum absolute atomic E-state index is 2.44. The summed E-state index contributed by atoms with van der Waals surface area (Å²) >= 11 is 0. The molecule has 10 rings (SSSR count). The van der Waals surface area contributed by atoms with Crippen LogP contribution in [0.3, 0.4) is 0 Å². The van der Waals surface area contributed by atoms with Crippen molar-refractivity contribution >= 4 is 27.8 Å². The predicted octanol–water partition coefficient (Wildman–Crippen LogP) is 15.3. The second kappa shape index (κ2) is 13.7. The molecule has 56 heavy (non-hydrogen) atoms. The number of para-hydroxylation sites is 1. The third-order valence-corrected chi connectivity index (χ3v) is 11.7. The largest absolute Gasteiger partial charge is 0.310 e. The van der Waals surface area contributed by atoms with E-state index >= 15 is 0 Å². The minimum atomic E-state index is -0.198. The highest BCUT2D eigenvalue weighted by Gasteiger charge is 2.36. The zero-order chi connectivity index (χ0) is 37.6. The summed E-state index contributed by atoms with van der Waals surface area (Å²) in [6.07, 6.45) is 0. The van der Waals surface area contributed by atoms with Crippen molar-refractivity contribution in [1.82, 2.24) is 0 Å². The van der Waals surface area contributed by atoms with Gasteiger partial charge in [0.25, 0.3) is 0 Å². The van der Waals surface area contributed by atoms with Gasteiger partial charge >= 0.3 is 0 Å². The molecule has 0 bridgehead atoms. The zero-order valence-corrected chi connectivity index (χ0v) is 31.7. The van der Waals surface area contributed by atoms with Crippen molar-refractivity contribution in [1.29, 1.82) is 0 Å². The Kier molecular flexibility index (Phi) is 8.23. The lowest BCUT2D eigenvalue weighted by Gasteiger charge is -2.30. The zero-order valence-electron chi connectivity index (χ0n) is 31.7. The first-order chi connectivity index (χ1) is 27.5. The average Bonchev–Trinajstić information content (AvgIpc) is 3.49. The Labute approximate surface area is 329 Å². The highest BCUT2D eigenvalue weighted by atomic mass is 15.1. The van der Waals surface area contributed by atoms with E-state index < -0.39 is 0 Å². The van der Waals surface area contributed by atoms with Crippen LogP contribution < -0.4 is 4.90 Å². The summed E-state index contributed by atoms with van der Waals surface area (Å²) in [4.78, 5) is 2.44. The van der Waals surface area contributed by atoms with Gasteiger partial charge in [0.2, 0.25) is 0 Å². The first-order valence-corrected chi connectivity index (χ1v) is 19.5. The number of anilines is 3. The fourth-order valence-electron chi connectivity index (χ4n) is 8.76. The van der Waals surface area contributed by atoms with Gasteiger partial charge in [-0.25, -0.2) is 0 Å². The van der Waals surface area contributed by atoms with Crippen molar-refractivity contribution in [3.63, 3.8) is 0 Å². The van der Waals surface area contributed by atoms with Crippen LogP contribution in [0.5, 0.6) is 0 Å². The van der Waals surface area contributed by atoms with Gasteiger partial charge in [0, 0.05) is 22.4 Å². The van der Waals surface area contributed by atoms with Gasteiger partial charge in [-0.05, 0) is 108 Å². The second-order valence-electron chi connectivity index (χ2n) is 15.4. The Morgan fingerprint density at radius 2 is 0.804 bits per heavy atom. The molecule has 0 saturated heterocycles. The molecule has 9 aromatic carbocycles. The van der Waals surface area contributed by atoms with Crippen LogP contribution in [-0.4, -0.2) is 0 Å². The Hall–Kier alpha value is -6.96. The van der Waals surface area contributed by atoms with Gasteiger partial charge in [-0.15, -0.1) is 0 Å². The molecule has 0 N–H and O–H groups in total. The molecule has 0 unspecified atom stereocenters. The molecular formula is C55H41N. The molecule has 9 aromatic rings. The lowest BCUT2D eigenvalue weighted by molar-refractivity contribution is 0.660. The number of nitrogens with zero attached hydrogens (tertiary/aromatic N) is 1. The van der Waals surface area contributed by atoms with Gasteiger partial charge in [0.15, 0.2) is 0 Å². The molecule has 0 saturated carbocycles. The topological polar surface area (TPSA) is 3.24 Å². The Morgan fingerprint density at radius 3 is 1.52 bits per heavy atom. The predicted molar refractivity (Wildman–Crippen MR) is 238 cm³/mol. The fraction of sp³-hybridized carbons (Fsp3) is 0.0545. The summed E-state index contributed by atoms with van der Waals surface area (Å²) < 4.78 is 0. The molecule has 1 nitrogen and oxygen atoms in total. The van der Waals surface area contributed by atoms with Crippen LogP contribution in [-0.2, 0) is 5.41 Å². The van der Waals surface area contributed by atoms with E-state index in [1.165, 1.54) is 77.5 Å². The smallest absolute Gasteiger partial charge is 0.0540 e. The van der Waals surface area contributed by atoms with Gasteiger partial charge < -0.3 is 4.90 Å². The van der Waals surface area contributed by atoms with Crippen LogP contribution >= 0.6 is 0 Å². The van der Waals surface area contributed by atoms with Gasteiger partial charge in [-0.2, -0.15) is 0 Å². The van der Waals surface area contributed by atoms with Crippen LogP contribution in [0.1, 0.15) is 25.0 Å². The number of fused-ring (bicyclic) bond motifs is 4. The minimum Gasteiger partial charge on any atom is -0.310 e. The molecule has 0 aromatic heterocycles. The highest BCUT2D eigenvalue weighted by molar-refractivity contribution is 5.98. The molecule has 1 heteroatoms. The maximum Gasteiger partial charge on any atom is 0.0540 e. The molecule has 0 atom stereocenters. The van der Waals surface area contributed by atoms with E-state index in [-0.39, 0.29) is 5.41 Å². The van der Waals surface area contributed by atoms with E-state index in [0.717, 1.165) is 17.1 Å². The standard InChI is InChI=1S/C55H41N/c1-55(2)52-36-44(48-22-13-19-42-18-9-10-20-47(42)48)30-34-50(52)51-35-33-46(37-53(51)55)56(45-31-28-41(29-32-45)39-16-7-4-8-17-39)54-23-12-11-21-49(54)43-26-24-40(25-27-43)38-14-5-3-6-15-38/h3-37H,1-2H3. The Morgan fingerprint density at radius 1 is 0.321 bits per heavy atom. The molecule has 0 heterocycles. The highest BCUT2D eigenvalue weighted by Crippen LogP contribution is 2.52. The lowest BCUT2D eigenvalue weighted by atomic mass is 9.81. The lowest BCUT2D eigenvalue weighted by Crippen LogP contribution is -2.17. The summed E-state index contributed by atoms with van der Waals surface area (Å²) in [5.74, 6) is 0. The summed E-state index contributed by atoms with van der Waals surface area (Å²) in [6, 6.07) is 77.5. The van der Waals surface area contributed by atoms with E-state index in [1.54, 1.807) is 0 Å². The van der Waals surface area contributed by atoms with E-state index in [0.29, 0.717) is 0 Å². The Bertz CT molecular complexity index is 2840. The molecule has 0 amide bonds.